The van der Waals surface area contributed by atoms with Crippen LogP contribution in [0.4, 0.5) is 11.6 Å². The second kappa shape index (κ2) is 8.49. The molecule has 0 aromatic carbocycles. The van der Waals surface area contributed by atoms with Crippen LogP contribution in [0.5, 0.6) is 11.5 Å². The third kappa shape index (κ3) is 4.31. The molecule has 2 bridgehead atoms. The van der Waals surface area contributed by atoms with Gasteiger partial charge in [-0.2, -0.15) is 0 Å². The van der Waals surface area contributed by atoms with Gasteiger partial charge < -0.3 is 19.3 Å². The van der Waals surface area contributed by atoms with Gasteiger partial charge in [0.25, 0.3) is 0 Å². The van der Waals surface area contributed by atoms with Crippen molar-refractivity contribution in [1.29, 1.82) is 0 Å². The molecule has 0 aliphatic carbocycles. The lowest BCUT2D eigenvalue weighted by molar-refractivity contribution is -0.0405. The topological polar surface area (TPSA) is 50.7 Å². The molecule has 0 spiro atoms. The number of aromatic nitrogens is 2. The molecule has 2 fully saturated rings. The minimum atomic E-state index is 0.728. The van der Waals surface area contributed by atoms with Crippen molar-refractivity contribution in [2.75, 3.05) is 44.3 Å². The normalized spacial score (nSPS) is 23.3. The third-order valence-electron chi connectivity index (χ3n) is 5.84. The number of pyridine rings is 2. The summed E-state index contributed by atoms with van der Waals surface area (Å²) in [6.45, 7) is 6.28. The van der Waals surface area contributed by atoms with Gasteiger partial charge in [-0.25, -0.2) is 9.97 Å². The Labute approximate surface area is 187 Å². The molecule has 0 amide bonds. The molecule has 5 rings (SSSR count). The summed E-state index contributed by atoms with van der Waals surface area (Å²) in [5.74, 6) is 4.64. The Hall–Kier alpha value is -1.22. The molecule has 2 saturated heterocycles. The number of halogens is 2. The minimum absolute atomic E-state index is 0.728. The molecule has 2 aromatic rings. The number of hydrogen-bond donors (Lipinski definition) is 0. The molecule has 6 nitrogen and oxygen atoms in total. The zero-order valence-electron chi connectivity index (χ0n) is 16.2. The van der Waals surface area contributed by atoms with Crippen molar-refractivity contribution in [3.05, 3.63) is 33.5 Å². The Balaban J connectivity index is 1.25. The van der Waals surface area contributed by atoms with Gasteiger partial charge in [0.05, 0.1) is 13.2 Å². The highest BCUT2D eigenvalue weighted by atomic mass is 79.9. The second-order valence-electron chi connectivity index (χ2n) is 8.18. The number of ether oxygens (including phenoxy) is 2. The number of likely N-dealkylation sites (tertiary alicyclic amines) is 1. The summed E-state index contributed by atoms with van der Waals surface area (Å²) >= 11 is 6.99. The van der Waals surface area contributed by atoms with Crippen LogP contribution in [0, 0.1) is 11.8 Å². The van der Waals surface area contributed by atoms with Crippen molar-refractivity contribution >= 4 is 43.5 Å². The molecule has 0 radical (unpaired) electrons. The Morgan fingerprint density at radius 1 is 0.897 bits per heavy atom. The summed E-state index contributed by atoms with van der Waals surface area (Å²) in [6.07, 6.45) is 7.22. The van der Waals surface area contributed by atoms with Crippen molar-refractivity contribution in [3.63, 3.8) is 0 Å². The van der Waals surface area contributed by atoms with E-state index < -0.39 is 0 Å². The predicted octanol–water partition coefficient (Wildman–Crippen LogP) is 4.99. The average molecular weight is 524 g/mol. The first kappa shape index (κ1) is 19.7. The van der Waals surface area contributed by atoms with Crippen LogP contribution in [-0.2, 0) is 4.74 Å². The number of hydrogen-bond acceptors (Lipinski definition) is 6. The largest absolute Gasteiger partial charge is 0.449 e. The van der Waals surface area contributed by atoms with Crippen LogP contribution in [0.15, 0.2) is 33.5 Å². The molecule has 0 N–H and O–H groups in total. The standard InChI is InChI=1S/C21H24Br2N4O2/c22-16-6-18-20(24-8-16)27(21-19(29-18)7-17(23)9-25-21)4-2-1-3-26-10-14-5-15(11-26)13-28-12-14/h6-9,14-15H,1-5,10-13H2. The van der Waals surface area contributed by atoms with Gasteiger partial charge in [0, 0.05) is 53.1 Å². The van der Waals surface area contributed by atoms with Gasteiger partial charge in [-0.15, -0.1) is 0 Å². The maximum Gasteiger partial charge on any atom is 0.177 e. The van der Waals surface area contributed by atoms with E-state index in [2.05, 4.69) is 51.6 Å². The first-order valence-electron chi connectivity index (χ1n) is 10.2. The van der Waals surface area contributed by atoms with E-state index in [-0.39, 0.29) is 0 Å². The molecule has 0 saturated carbocycles. The van der Waals surface area contributed by atoms with Gasteiger partial charge in [0.2, 0.25) is 0 Å². The lowest BCUT2D eigenvalue weighted by Gasteiger charge is -2.41. The first-order chi connectivity index (χ1) is 14.2. The number of unbranched alkanes of at least 4 members (excludes halogenated alkanes) is 1. The highest BCUT2D eigenvalue weighted by molar-refractivity contribution is 9.10. The Bertz CT molecular complexity index is 833. The molecule has 2 unspecified atom stereocenters. The van der Waals surface area contributed by atoms with E-state index in [4.69, 9.17) is 9.47 Å². The summed E-state index contributed by atoms with van der Waals surface area (Å²) in [7, 11) is 0. The van der Waals surface area contributed by atoms with Gasteiger partial charge in [0.15, 0.2) is 23.1 Å². The molecular weight excluding hydrogens is 500 g/mol. The van der Waals surface area contributed by atoms with Crippen LogP contribution in [0.3, 0.4) is 0 Å². The van der Waals surface area contributed by atoms with Gasteiger partial charge in [-0.05, 0) is 69.5 Å². The summed E-state index contributed by atoms with van der Waals surface area (Å²) in [6, 6.07) is 3.93. The Kier molecular flexibility index (Phi) is 5.78. The summed E-state index contributed by atoms with van der Waals surface area (Å²) < 4.78 is 13.6. The Morgan fingerprint density at radius 3 is 2.10 bits per heavy atom. The van der Waals surface area contributed by atoms with Crippen molar-refractivity contribution in [2.45, 2.75) is 19.3 Å². The number of nitrogens with zero attached hydrogens (tertiary/aromatic N) is 4. The van der Waals surface area contributed by atoms with E-state index in [1.54, 1.807) is 0 Å². The van der Waals surface area contributed by atoms with Crippen LogP contribution < -0.4 is 9.64 Å². The van der Waals surface area contributed by atoms with E-state index in [0.717, 1.165) is 83.1 Å². The fourth-order valence-corrected chi connectivity index (χ4v) is 5.29. The molecule has 29 heavy (non-hydrogen) atoms. The predicted molar refractivity (Wildman–Crippen MR) is 119 cm³/mol. The van der Waals surface area contributed by atoms with Gasteiger partial charge in [-0.1, -0.05) is 0 Å². The van der Waals surface area contributed by atoms with E-state index >= 15 is 0 Å². The van der Waals surface area contributed by atoms with E-state index in [1.807, 2.05) is 24.5 Å². The molecule has 5 heterocycles. The average Bonchev–Trinajstić information content (AvgIpc) is 2.69. The number of fused-ring (bicyclic) bond motifs is 4. The van der Waals surface area contributed by atoms with Crippen molar-refractivity contribution < 1.29 is 9.47 Å². The van der Waals surface area contributed by atoms with E-state index in [0.29, 0.717) is 0 Å². The maximum atomic E-state index is 6.07. The van der Waals surface area contributed by atoms with Gasteiger partial charge >= 0.3 is 0 Å². The fraction of sp³-hybridized carbons (Fsp3) is 0.524. The number of anilines is 2. The summed E-state index contributed by atoms with van der Waals surface area (Å²) in [4.78, 5) is 14.0. The fourth-order valence-electron chi connectivity index (χ4n) is 4.67. The number of rotatable bonds is 5. The third-order valence-corrected chi connectivity index (χ3v) is 6.71. The van der Waals surface area contributed by atoms with Crippen LogP contribution in [0.2, 0.25) is 0 Å². The lowest BCUT2D eigenvalue weighted by atomic mass is 9.88. The molecule has 8 heteroatoms. The summed E-state index contributed by atoms with van der Waals surface area (Å²) in [5, 5.41) is 0. The first-order valence-corrected chi connectivity index (χ1v) is 11.8. The zero-order valence-corrected chi connectivity index (χ0v) is 19.4. The van der Waals surface area contributed by atoms with Crippen LogP contribution >= 0.6 is 31.9 Å². The zero-order chi connectivity index (χ0) is 19.8. The van der Waals surface area contributed by atoms with Gasteiger partial charge in [0.1, 0.15) is 0 Å². The molecular formula is C21H24Br2N4O2. The molecule has 154 valence electrons. The molecule has 3 aliphatic rings. The van der Waals surface area contributed by atoms with Crippen LogP contribution in [-0.4, -0.2) is 54.3 Å². The molecule has 2 atom stereocenters. The monoisotopic (exact) mass is 522 g/mol. The minimum Gasteiger partial charge on any atom is -0.449 e. The maximum absolute atomic E-state index is 6.07. The summed E-state index contributed by atoms with van der Waals surface area (Å²) in [5.41, 5.74) is 0. The van der Waals surface area contributed by atoms with Crippen molar-refractivity contribution in [3.8, 4) is 11.5 Å². The molecule has 3 aliphatic heterocycles. The quantitative estimate of drug-likeness (QED) is 0.514. The SMILES string of the molecule is Brc1cnc2c(c1)Oc1cc(Br)cnc1N2CCCCN1CC2COCC(C2)C1. The van der Waals surface area contributed by atoms with Gasteiger partial charge in [-0.3, -0.25) is 0 Å². The van der Waals surface area contributed by atoms with Crippen molar-refractivity contribution in [2.24, 2.45) is 11.8 Å². The van der Waals surface area contributed by atoms with Crippen LogP contribution in [0.1, 0.15) is 19.3 Å². The van der Waals surface area contributed by atoms with E-state index in [1.165, 1.54) is 19.5 Å². The van der Waals surface area contributed by atoms with E-state index in [9.17, 15) is 0 Å². The highest BCUT2D eigenvalue weighted by Gasteiger charge is 2.31. The smallest absolute Gasteiger partial charge is 0.177 e. The molecule has 2 aromatic heterocycles. The van der Waals surface area contributed by atoms with Crippen LogP contribution in [0.25, 0.3) is 0 Å². The number of piperidine rings is 1. The lowest BCUT2D eigenvalue weighted by Crippen LogP contribution is -2.46. The highest BCUT2D eigenvalue weighted by Crippen LogP contribution is 2.45. The Morgan fingerprint density at radius 2 is 1.48 bits per heavy atom. The van der Waals surface area contributed by atoms with Crippen molar-refractivity contribution in [1.82, 2.24) is 14.9 Å². The second-order valence-corrected chi connectivity index (χ2v) is 10.0.